The molecule has 4 rings (SSSR count). The van der Waals surface area contributed by atoms with Crippen molar-refractivity contribution in [3.8, 4) is 17.0 Å². The molecule has 1 atom stereocenters. The first kappa shape index (κ1) is 27.1. The quantitative estimate of drug-likeness (QED) is 0.264. The van der Waals surface area contributed by atoms with Crippen LogP contribution in [0, 0.1) is 12.8 Å². The van der Waals surface area contributed by atoms with Crippen molar-refractivity contribution in [3.63, 3.8) is 0 Å². The third-order valence-corrected chi connectivity index (χ3v) is 6.76. The van der Waals surface area contributed by atoms with Gasteiger partial charge < -0.3 is 19.9 Å². The lowest BCUT2D eigenvalue weighted by Crippen LogP contribution is -2.40. The van der Waals surface area contributed by atoms with Crippen molar-refractivity contribution < 1.29 is 9.53 Å². The van der Waals surface area contributed by atoms with Gasteiger partial charge in [0.25, 0.3) is 5.91 Å². The lowest BCUT2D eigenvalue weighted by molar-refractivity contribution is 0.0604. The SMILES string of the molecule is COc1cccc(-c2cn(Cc3ccccc3)c([C@@H](C(C)C)N(CCCN)C(=O)c3ccc(C)cc3)n2)c1. The van der Waals surface area contributed by atoms with E-state index in [-0.39, 0.29) is 17.9 Å². The maximum atomic E-state index is 13.9. The molecule has 0 unspecified atom stereocenters. The summed E-state index contributed by atoms with van der Waals surface area (Å²) in [5.74, 6) is 1.76. The number of aromatic nitrogens is 2. The van der Waals surface area contributed by atoms with Gasteiger partial charge in [-0.25, -0.2) is 4.98 Å². The maximum absolute atomic E-state index is 13.9. The van der Waals surface area contributed by atoms with Crippen LogP contribution in [0.2, 0.25) is 0 Å². The smallest absolute Gasteiger partial charge is 0.254 e. The van der Waals surface area contributed by atoms with Gasteiger partial charge in [-0.3, -0.25) is 4.79 Å². The van der Waals surface area contributed by atoms with Crippen LogP contribution in [-0.4, -0.2) is 40.6 Å². The third-order valence-electron chi connectivity index (χ3n) is 6.76. The van der Waals surface area contributed by atoms with Gasteiger partial charge in [0.05, 0.1) is 18.8 Å². The molecule has 0 aliphatic rings. The van der Waals surface area contributed by atoms with Crippen molar-refractivity contribution in [2.75, 3.05) is 20.2 Å². The number of carbonyl (C=O) groups is 1. The first-order valence-corrected chi connectivity index (χ1v) is 13.2. The summed E-state index contributed by atoms with van der Waals surface area (Å²) < 4.78 is 7.65. The fourth-order valence-electron chi connectivity index (χ4n) is 4.78. The molecule has 1 amide bonds. The van der Waals surface area contributed by atoms with Crippen LogP contribution >= 0.6 is 0 Å². The van der Waals surface area contributed by atoms with Crippen LogP contribution in [0.4, 0.5) is 0 Å². The minimum atomic E-state index is -0.238. The average Bonchev–Trinajstić information content (AvgIpc) is 3.34. The summed E-state index contributed by atoms with van der Waals surface area (Å²) in [6.07, 6.45) is 2.80. The molecule has 0 aliphatic heterocycles. The summed E-state index contributed by atoms with van der Waals surface area (Å²) in [5, 5.41) is 0. The number of benzene rings is 3. The number of aryl methyl sites for hydroxylation is 1. The highest BCUT2D eigenvalue weighted by molar-refractivity contribution is 5.94. The molecule has 0 saturated carbocycles. The van der Waals surface area contributed by atoms with Gasteiger partial charge in [-0.05, 0) is 55.6 Å². The zero-order valence-electron chi connectivity index (χ0n) is 22.8. The average molecular weight is 511 g/mol. The molecule has 3 aromatic carbocycles. The molecule has 1 aromatic heterocycles. The van der Waals surface area contributed by atoms with E-state index in [2.05, 4.69) is 36.7 Å². The maximum Gasteiger partial charge on any atom is 0.254 e. The van der Waals surface area contributed by atoms with E-state index in [0.29, 0.717) is 31.6 Å². The molecule has 0 fully saturated rings. The molecule has 6 heteroatoms. The molecule has 2 N–H and O–H groups in total. The van der Waals surface area contributed by atoms with E-state index in [0.717, 1.165) is 28.4 Å². The minimum Gasteiger partial charge on any atom is -0.497 e. The van der Waals surface area contributed by atoms with Crippen LogP contribution in [0.25, 0.3) is 11.3 Å². The Morgan fingerprint density at radius 3 is 2.42 bits per heavy atom. The third kappa shape index (κ3) is 6.32. The molecule has 0 aliphatic carbocycles. The van der Waals surface area contributed by atoms with E-state index in [1.165, 1.54) is 5.56 Å². The van der Waals surface area contributed by atoms with E-state index < -0.39 is 0 Å². The fourth-order valence-corrected chi connectivity index (χ4v) is 4.78. The molecule has 0 spiro atoms. The Morgan fingerprint density at radius 1 is 1.03 bits per heavy atom. The lowest BCUT2D eigenvalue weighted by atomic mass is 9.99. The number of hydrogen-bond donors (Lipinski definition) is 1. The molecule has 4 aromatic rings. The Bertz CT molecular complexity index is 1330. The number of rotatable bonds is 11. The van der Waals surface area contributed by atoms with Crippen LogP contribution in [-0.2, 0) is 6.54 Å². The van der Waals surface area contributed by atoms with Crippen molar-refractivity contribution in [2.24, 2.45) is 11.7 Å². The number of ether oxygens (including phenoxy) is 1. The van der Waals surface area contributed by atoms with Crippen LogP contribution in [0.5, 0.6) is 5.75 Å². The number of methoxy groups -OCH3 is 1. The predicted molar refractivity (Wildman–Crippen MR) is 153 cm³/mol. The van der Waals surface area contributed by atoms with Gasteiger partial charge in [-0.1, -0.05) is 74.0 Å². The summed E-state index contributed by atoms with van der Waals surface area (Å²) in [5.41, 5.74) is 10.7. The normalized spacial score (nSPS) is 11.9. The molecule has 0 bridgehead atoms. The topological polar surface area (TPSA) is 73.4 Å². The zero-order valence-corrected chi connectivity index (χ0v) is 22.8. The van der Waals surface area contributed by atoms with Crippen molar-refractivity contribution in [3.05, 3.63) is 108 Å². The van der Waals surface area contributed by atoms with Crippen molar-refractivity contribution in [1.29, 1.82) is 0 Å². The van der Waals surface area contributed by atoms with Gasteiger partial charge in [0, 0.05) is 30.4 Å². The number of amides is 1. The van der Waals surface area contributed by atoms with E-state index in [1.807, 2.05) is 78.6 Å². The van der Waals surface area contributed by atoms with Crippen LogP contribution in [0.1, 0.15) is 53.6 Å². The largest absolute Gasteiger partial charge is 0.497 e. The summed E-state index contributed by atoms with van der Waals surface area (Å²) in [4.78, 5) is 21.1. The van der Waals surface area contributed by atoms with Gasteiger partial charge in [-0.15, -0.1) is 0 Å². The Kier molecular flexibility index (Phi) is 8.98. The standard InChI is InChI=1S/C32H38N4O2/c1-23(2)30(36(19-9-18-33)32(37)26-16-14-24(3)15-17-26)31-34-29(27-12-8-13-28(20-27)38-4)22-35(31)21-25-10-6-5-7-11-25/h5-8,10-17,20,22-23,30H,9,18-19,21,33H2,1-4H3/t30-/m1/s1. The highest BCUT2D eigenvalue weighted by Gasteiger charge is 2.32. The number of nitrogens with two attached hydrogens (primary N) is 1. The fraction of sp³-hybridized carbons (Fsp3) is 0.312. The molecule has 1 heterocycles. The first-order chi connectivity index (χ1) is 18.4. The molecular weight excluding hydrogens is 472 g/mol. The summed E-state index contributed by atoms with van der Waals surface area (Å²) in [7, 11) is 1.67. The first-order valence-electron chi connectivity index (χ1n) is 13.2. The molecule has 0 radical (unpaired) electrons. The Labute approximate surface area is 226 Å². The van der Waals surface area contributed by atoms with E-state index in [9.17, 15) is 4.79 Å². The molecular formula is C32H38N4O2. The van der Waals surface area contributed by atoms with Crippen molar-refractivity contribution >= 4 is 5.91 Å². The van der Waals surface area contributed by atoms with Crippen LogP contribution in [0.15, 0.2) is 85.1 Å². The number of imidazole rings is 1. The monoisotopic (exact) mass is 510 g/mol. The Balaban J connectivity index is 1.83. The van der Waals surface area contributed by atoms with E-state index >= 15 is 0 Å². The van der Waals surface area contributed by atoms with Gasteiger partial charge in [0.15, 0.2) is 0 Å². The second-order valence-corrected chi connectivity index (χ2v) is 10.0. The van der Waals surface area contributed by atoms with Gasteiger partial charge in [0.1, 0.15) is 11.6 Å². The lowest BCUT2D eigenvalue weighted by Gasteiger charge is -2.34. The summed E-state index contributed by atoms with van der Waals surface area (Å²) in [6, 6.07) is 25.8. The highest BCUT2D eigenvalue weighted by atomic mass is 16.5. The second-order valence-electron chi connectivity index (χ2n) is 10.0. The van der Waals surface area contributed by atoms with Gasteiger partial charge >= 0.3 is 0 Å². The summed E-state index contributed by atoms with van der Waals surface area (Å²) >= 11 is 0. The molecule has 38 heavy (non-hydrogen) atoms. The van der Waals surface area contributed by atoms with Gasteiger partial charge in [-0.2, -0.15) is 0 Å². The predicted octanol–water partition coefficient (Wildman–Crippen LogP) is 6.10. The Hall–Kier alpha value is -3.90. The number of nitrogens with zero attached hydrogens (tertiary/aromatic N) is 3. The molecule has 0 saturated heterocycles. The van der Waals surface area contributed by atoms with Crippen molar-refractivity contribution in [2.45, 2.75) is 39.8 Å². The highest BCUT2D eigenvalue weighted by Crippen LogP contribution is 2.33. The van der Waals surface area contributed by atoms with Gasteiger partial charge in [0.2, 0.25) is 0 Å². The van der Waals surface area contributed by atoms with Crippen molar-refractivity contribution in [1.82, 2.24) is 14.5 Å². The number of carbonyl (C=O) groups excluding carboxylic acids is 1. The van der Waals surface area contributed by atoms with Crippen LogP contribution in [0.3, 0.4) is 0 Å². The van der Waals surface area contributed by atoms with E-state index in [1.54, 1.807) is 7.11 Å². The second kappa shape index (κ2) is 12.6. The molecule has 6 nitrogen and oxygen atoms in total. The minimum absolute atomic E-state index is 0.00524. The Morgan fingerprint density at radius 2 is 1.76 bits per heavy atom. The van der Waals surface area contributed by atoms with E-state index in [4.69, 9.17) is 15.5 Å². The molecule has 198 valence electrons. The summed E-state index contributed by atoms with van der Waals surface area (Å²) in [6.45, 7) is 8.04. The number of hydrogen-bond acceptors (Lipinski definition) is 4. The zero-order chi connectivity index (χ0) is 27.1. The van der Waals surface area contributed by atoms with Crippen LogP contribution < -0.4 is 10.5 Å².